The number of aliphatic imine (C=N–C) groups is 1. The van der Waals surface area contributed by atoms with Crippen molar-refractivity contribution in [2.45, 2.75) is 0 Å². The fraction of sp³-hybridized carbons (Fsp3) is 0.105. The number of thioether (sulfide) groups is 1. The Kier molecular flexibility index (Phi) is 5.18. The molecule has 0 unspecified atom stereocenters. The Hall–Kier alpha value is -3.26. The number of hydrogen-bond acceptors (Lipinski definition) is 5. The van der Waals surface area contributed by atoms with Gasteiger partial charge in [-0.1, -0.05) is 6.08 Å². The number of carboxylic acid groups (broad SMARTS) is 1. The number of aromatic nitrogens is 1. The van der Waals surface area contributed by atoms with Gasteiger partial charge in [0, 0.05) is 31.5 Å². The quantitative estimate of drug-likeness (QED) is 0.611. The summed E-state index contributed by atoms with van der Waals surface area (Å²) in [7, 11) is 1.89. The molecule has 0 saturated carbocycles. The lowest BCUT2D eigenvalue weighted by Crippen LogP contribution is -2.29. The van der Waals surface area contributed by atoms with Crippen LogP contribution in [0.15, 0.2) is 59.1 Å². The normalized spacial score (nSPS) is 17.1. The number of aryl methyl sites for hydroxylation is 1. The summed E-state index contributed by atoms with van der Waals surface area (Å²) >= 11 is 1.21. The van der Waals surface area contributed by atoms with Crippen LogP contribution in [-0.2, 0) is 11.8 Å². The number of amidine groups is 1. The average Bonchev–Trinajstić information content (AvgIpc) is 3.14. The van der Waals surface area contributed by atoms with Crippen molar-refractivity contribution in [2.24, 2.45) is 12.0 Å². The summed E-state index contributed by atoms with van der Waals surface area (Å²) < 4.78 is 1.90. The average molecular weight is 383 g/mol. The molecule has 27 heavy (non-hydrogen) atoms. The Labute approximate surface area is 159 Å². The van der Waals surface area contributed by atoms with Gasteiger partial charge < -0.3 is 14.8 Å². The van der Waals surface area contributed by atoms with Crippen LogP contribution in [0.1, 0.15) is 16.1 Å². The Morgan fingerprint density at radius 2 is 2.15 bits per heavy atom. The minimum absolute atomic E-state index is 0.189. The first-order valence-electron chi connectivity index (χ1n) is 7.99. The number of hydrogen-bond donors (Lipinski definition) is 2. The van der Waals surface area contributed by atoms with E-state index < -0.39 is 5.97 Å². The van der Waals surface area contributed by atoms with Gasteiger partial charge in [0.2, 0.25) is 0 Å². The van der Waals surface area contributed by atoms with Crippen LogP contribution in [0.3, 0.4) is 0 Å². The summed E-state index contributed by atoms with van der Waals surface area (Å²) in [6, 6.07) is 7.80. The highest BCUT2D eigenvalue weighted by Crippen LogP contribution is 2.35. The third-order valence-electron chi connectivity index (χ3n) is 3.90. The van der Waals surface area contributed by atoms with Gasteiger partial charge in [-0.2, -0.15) is 0 Å². The predicted molar refractivity (Wildman–Crippen MR) is 105 cm³/mol. The predicted octanol–water partition coefficient (Wildman–Crippen LogP) is 3.22. The fourth-order valence-corrected chi connectivity index (χ4v) is 3.51. The van der Waals surface area contributed by atoms with Crippen molar-refractivity contribution in [3.05, 3.63) is 65.3 Å². The number of phenols is 1. The Balaban J connectivity index is 1.97. The van der Waals surface area contributed by atoms with E-state index in [1.807, 2.05) is 29.9 Å². The van der Waals surface area contributed by atoms with Crippen LogP contribution < -0.4 is 0 Å². The van der Waals surface area contributed by atoms with Crippen molar-refractivity contribution in [1.82, 2.24) is 9.47 Å². The van der Waals surface area contributed by atoms with Crippen molar-refractivity contribution in [1.29, 1.82) is 0 Å². The van der Waals surface area contributed by atoms with Gasteiger partial charge in [-0.3, -0.25) is 9.69 Å². The van der Waals surface area contributed by atoms with Crippen LogP contribution in [0.2, 0.25) is 0 Å². The van der Waals surface area contributed by atoms with E-state index in [4.69, 9.17) is 5.11 Å². The Morgan fingerprint density at radius 3 is 2.74 bits per heavy atom. The number of benzene rings is 1. The third-order valence-corrected chi connectivity index (χ3v) is 4.91. The lowest BCUT2D eigenvalue weighted by molar-refractivity contribution is -0.121. The highest BCUT2D eigenvalue weighted by molar-refractivity contribution is 8.18. The molecule has 3 rings (SSSR count). The number of amides is 1. The van der Waals surface area contributed by atoms with Crippen molar-refractivity contribution in [2.75, 3.05) is 6.54 Å². The second-order valence-electron chi connectivity index (χ2n) is 5.76. The zero-order chi connectivity index (χ0) is 19.6. The van der Waals surface area contributed by atoms with Gasteiger partial charge in [0.15, 0.2) is 5.17 Å². The van der Waals surface area contributed by atoms with Gasteiger partial charge in [-0.25, -0.2) is 9.79 Å². The largest absolute Gasteiger partial charge is 0.507 e. The van der Waals surface area contributed by atoms with E-state index in [1.165, 1.54) is 34.9 Å². The molecule has 2 N–H and O–H groups in total. The maximum Gasteiger partial charge on any atom is 0.339 e. The number of aromatic carboxylic acids is 1. The summed E-state index contributed by atoms with van der Waals surface area (Å²) in [4.78, 5) is 30.1. The van der Waals surface area contributed by atoms with Gasteiger partial charge in [0.05, 0.1) is 10.6 Å². The molecule has 1 fully saturated rings. The molecule has 2 aromatic rings. The lowest BCUT2D eigenvalue weighted by Gasteiger charge is -2.12. The van der Waals surface area contributed by atoms with Crippen LogP contribution in [0.4, 0.5) is 5.69 Å². The Bertz CT molecular complexity index is 991. The molecule has 138 valence electrons. The molecule has 1 aromatic heterocycles. The summed E-state index contributed by atoms with van der Waals surface area (Å²) in [6.45, 7) is 3.96. The SMILES string of the molecule is C=CCN1C(=O)/C(=C/c2cccn2C)SC1=Nc1ccc(C(=O)O)c(O)c1. The Morgan fingerprint density at radius 1 is 1.37 bits per heavy atom. The van der Waals surface area contributed by atoms with E-state index in [9.17, 15) is 14.7 Å². The van der Waals surface area contributed by atoms with Gasteiger partial charge in [-0.05, 0) is 42.1 Å². The minimum Gasteiger partial charge on any atom is -0.507 e. The van der Waals surface area contributed by atoms with E-state index in [2.05, 4.69) is 11.6 Å². The van der Waals surface area contributed by atoms with E-state index in [0.717, 1.165) is 5.69 Å². The van der Waals surface area contributed by atoms with Gasteiger partial charge in [0.25, 0.3) is 5.91 Å². The second-order valence-corrected chi connectivity index (χ2v) is 6.77. The molecule has 0 bridgehead atoms. The molecule has 1 aliphatic heterocycles. The topological polar surface area (TPSA) is 95.1 Å². The maximum absolute atomic E-state index is 12.7. The molecule has 1 saturated heterocycles. The van der Waals surface area contributed by atoms with E-state index in [-0.39, 0.29) is 23.8 Å². The molecule has 8 heteroatoms. The molecule has 7 nitrogen and oxygen atoms in total. The zero-order valence-corrected chi connectivity index (χ0v) is 15.3. The summed E-state index contributed by atoms with van der Waals surface area (Å²) in [5.41, 5.74) is 1.03. The van der Waals surface area contributed by atoms with Crippen molar-refractivity contribution in [3.8, 4) is 5.75 Å². The summed E-state index contributed by atoms with van der Waals surface area (Å²) in [5.74, 6) is -1.79. The monoisotopic (exact) mass is 383 g/mol. The van der Waals surface area contributed by atoms with Crippen molar-refractivity contribution < 1.29 is 19.8 Å². The molecule has 0 aliphatic carbocycles. The number of carboxylic acids is 1. The molecule has 0 atom stereocenters. The molecule has 1 aromatic carbocycles. The highest BCUT2D eigenvalue weighted by atomic mass is 32.2. The highest BCUT2D eigenvalue weighted by Gasteiger charge is 2.32. The summed E-state index contributed by atoms with van der Waals surface area (Å²) in [6.07, 6.45) is 5.28. The van der Waals surface area contributed by atoms with Gasteiger partial charge in [0.1, 0.15) is 11.3 Å². The van der Waals surface area contributed by atoms with Crippen LogP contribution in [0.5, 0.6) is 5.75 Å². The van der Waals surface area contributed by atoms with Gasteiger partial charge >= 0.3 is 5.97 Å². The zero-order valence-electron chi connectivity index (χ0n) is 14.5. The molecule has 2 heterocycles. The molecule has 1 aliphatic rings. The minimum atomic E-state index is -1.22. The van der Waals surface area contributed by atoms with Crippen LogP contribution in [-0.4, -0.2) is 43.3 Å². The molecular formula is C19H17N3O4S. The number of aromatic hydroxyl groups is 1. The maximum atomic E-state index is 12.7. The third kappa shape index (κ3) is 3.80. The molecule has 1 amide bonds. The van der Waals surface area contributed by atoms with Crippen LogP contribution >= 0.6 is 11.8 Å². The van der Waals surface area contributed by atoms with Crippen LogP contribution in [0, 0.1) is 0 Å². The standard InChI is InChI=1S/C19H17N3O4S/c1-3-8-22-17(24)16(11-13-5-4-9-21(13)2)27-19(22)20-12-6-7-14(18(25)26)15(23)10-12/h3-7,9-11,23H,1,8H2,2H3,(H,25,26)/b16-11-,20-19?. The number of rotatable bonds is 5. The van der Waals surface area contributed by atoms with Gasteiger partial charge in [-0.15, -0.1) is 6.58 Å². The number of carbonyl (C=O) groups is 2. The summed E-state index contributed by atoms with van der Waals surface area (Å²) in [5, 5.41) is 19.3. The molecule has 0 spiro atoms. The van der Waals surface area contributed by atoms with E-state index in [0.29, 0.717) is 15.8 Å². The fourth-order valence-electron chi connectivity index (χ4n) is 2.52. The molecular weight excluding hydrogens is 366 g/mol. The first-order chi connectivity index (χ1) is 12.9. The van der Waals surface area contributed by atoms with Crippen molar-refractivity contribution >= 4 is 40.6 Å². The molecule has 0 radical (unpaired) electrons. The first-order valence-corrected chi connectivity index (χ1v) is 8.81. The lowest BCUT2D eigenvalue weighted by atomic mass is 10.2. The van der Waals surface area contributed by atoms with E-state index >= 15 is 0 Å². The van der Waals surface area contributed by atoms with Crippen LogP contribution in [0.25, 0.3) is 6.08 Å². The smallest absolute Gasteiger partial charge is 0.339 e. The number of nitrogens with zero attached hydrogens (tertiary/aromatic N) is 3. The van der Waals surface area contributed by atoms with E-state index in [1.54, 1.807) is 12.2 Å². The second kappa shape index (κ2) is 7.55. The van der Waals surface area contributed by atoms with Crippen molar-refractivity contribution in [3.63, 3.8) is 0 Å². The number of carbonyl (C=O) groups excluding carboxylic acids is 1. The first kappa shape index (κ1) is 18.5.